The van der Waals surface area contributed by atoms with Gasteiger partial charge in [-0.05, 0) is 31.0 Å². The Balaban J connectivity index is 1.47. The Morgan fingerprint density at radius 2 is 1.79 bits per heavy atom. The molecule has 2 aromatic carbocycles. The van der Waals surface area contributed by atoms with Crippen molar-refractivity contribution in [3.63, 3.8) is 0 Å². The number of benzene rings is 2. The molecule has 0 N–H and O–H groups in total. The fraction of sp³-hybridized carbons (Fsp3) is 0.250. The molecule has 29 heavy (non-hydrogen) atoms. The number of Topliss-reactive ketones (excluding diaryl/α,β-unsaturated/α-hetero) is 1. The second-order valence-electron chi connectivity index (χ2n) is 6.59. The molecule has 0 atom stereocenters. The largest absolute Gasteiger partial charge is 0.411 e. The summed E-state index contributed by atoms with van der Waals surface area (Å²) in [5.74, 6) is 0.363. The van der Waals surface area contributed by atoms with Gasteiger partial charge in [0, 0.05) is 24.2 Å². The fourth-order valence-electron chi connectivity index (χ4n) is 3.09. The maximum Gasteiger partial charge on any atom is 0.277 e. The van der Waals surface area contributed by atoms with Crippen molar-refractivity contribution in [2.75, 3.05) is 18.8 Å². The Morgan fingerprint density at radius 3 is 2.55 bits per heavy atom. The number of hydrogen-bond acceptors (Lipinski definition) is 7. The van der Waals surface area contributed by atoms with Crippen molar-refractivity contribution in [1.82, 2.24) is 14.5 Å². The molecule has 1 aliphatic rings. The molecule has 0 radical (unpaired) electrons. The highest BCUT2D eigenvalue weighted by Crippen LogP contribution is 2.27. The topological polar surface area (TPSA) is 93.4 Å². The normalized spacial score (nSPS) is 14.9. The van der Waals surface area contributed by atoms with E-state index in [1.807, 2.05) is 18.2 Å². The number of carbonyl (C=O) groups excluding carboxylic acids is 1. The van der Waals surface area contributed by atoms with Crippen LogP contribution >= 0.6 is 11.8 Å². The molecule has 1 aliphatic heterocycles. The van der Waals surface area contributed by atoms with Gasteiger partial charge in [-0.15, -0.1) is 10.2 Å². The van der Waals surface area contributed by atoms with Crippen LogP contribution in [0.2, 0.25) is 0 Å². The lowest BCUT2D eigenvalue weighted by molar-refractivity contribution is 0.102. The molecule has 9 heteroatoms. The van der Waals surface area contributed by atoms with Crippen LogP contribution < -0.4 is 0 Å². The smallest absolute Gasteiger partial charge is 0.277 e. The summed E-state index contributed by atoms with van der Waals surface area (Å²) in [5, 5.41) is 8.22. The lowest BCUT2D eigenvalue weighted by atomic mass is 10.2. The van der Waals surface area contributed by atoms with Crippen LogP contribution in [0, 0.1) is 0 Å². The molecule has 0 bridgehead atoms. The summed E-state index contributed by atoms with van der Waals surface area (Å²) in [4.78, 5) is 12.4. The third-order valence-electron chi connectivity index (χ3n) is 4.61. The van der Waals surface area contributed by atoms with Gasteiger partial charge in [-0.1, -0.05) is 48.2 Å². The van der Waals surface area contributed by atoms with Crippen molar-refractivity contribution in [3.05, 3.63) is 60.2 Å². The average molecular weight is 430 g/mol. The summed E-state index contributed by atoms with van der Waals surface area (Å²) in [6.07, 6.45) is 1.76. The summed E-state index contributed by atoms with van der Waals surface area (Å²) >= 11 is 1.15. The molecule has 0 spiro atoms. The standard InChI is InChI=1S/C20H19N3O4S2/c24-18(15-7-2-1-3-8-15)14-28-20-22-21-19(27-20)16-9-6-10-17(13-16)29(25,26)23-11-4-5-12-23/h1-3,6-10,13H,4-5,11-12,14H2. The van der Waals surface area contributed by atoms with Gasteiger partial charge in [0.25, 0.3) is 5.22 Å². The average Bonchev–Trinajstić information content (AvgIpc) is 3.45. The van der Waals surface area contributed by atoms with Crippen LogP contribution in [-0.4, -0.2) is 47.5 Å². The molecule has 0 amide bonds. The molecule has 7 nitrogen and oxygen atoms in total. The van der Waals surface area contributed by atoms with E-state index in [2.05, 4.69) is 10.2 Å². The lowest BCUT2D eigenvalue weighted by Crippen LogP contribution is -2.27. The molecule has 2 heterocycles. The third-order valence-corrected chi connectivity index (χ3v) is 7.33. The Kier molecular flexibility index (Phi) is 5.79. The zero-order valence-electron chi connectivity index (χ0n) is 15.5. The molecule has 1 fully saturated rings. The summed E-state index contributed by atoms with van der Waals surface area (Å²) < 4.78 is 32.6. The first-order valence-electron chi connectivity index (χ1n) is 9.19. The third kappa shape index (κ3) is 4.42. The van der Waals surface area contributed by atoms with Gasteiger partial charge in [-0.25, -0.2) is 8.42 Å². The molecule has 4 rings (SSSR count). The first-order valence-corrected chi connectivity index (χ1v) is 11.6. The van der Waals surface area contributed by atoms with Gasteiger partial charge in [0.2, 0.25) is 15.9 Å². The minimum atomic E-state index is -3.52. The van der Waals surface area contributed by atoms with Crippen LogP contribution in [0.15, 0.2) is 69.1 Å². The zero-order valence-corrected chi connectivity index (χ0v) is 17.2. The van der Waals surface area contributed by atoms with Gasteiger partial charge in [-0.3, -0.25) is 4.79 Å². The van der Waals surface area contributed by atoms with Crippen molar-refractivity contribution in [1.29, 1.82) is 0 Å². The molecular weight excluding hydrogens is 410 g/mol. The Hall–Kier alpha value is -2.49. The van der Waals surface area contributed by atoms with E-state index in [4.69, 9.17) is 4.42 Å². The number of carbonyl (C=O) groups is 1. The van der Waals surface area contributed by atoms with Gasteiger partial charge in [0.05, 0.1) is 10.6 Å². The molecular formula is C20H19N3O4S2. The van der Waals surface area contributed by atoms with Gasteiger partial charge in [0.1, 0.15) is 0 Å². The highest BCUT2D eigenvalue weighted by molar-refractivity contribution is 7.99. The first-order chi connectivity index (χ1) is 14.0. The number of thioether (sulfide) groups is 1. The predicted molar refractivity (Wildman–Crippen MR) is 109 cm³/mol. The lowest BCUT2D eigenvalue weighted by Gasteiger charge is -2.15. The van der Waals surface area contributed by atoms with Crippen LogP contribution in [-0.2, 0) is 10.0 Å². The minimum Gasteiger partial charge on any atom is -0.411 e. The fourth-order valence-corrected chi connectivity index (χ4v) is 5.31. The van der Waals surface area contributed by atoms with Crippen LogP contribution in [0.3, 0.4) is 0 Å². The van der Waals surface area contributed by atoms with Crippen LogP contribution in [0.4, 0.5) is 0 Å². The number of sulfonamides is 1. The highest BCUT2D eigenvalue weighted by Gasteiger charge is 2.27. The van der Waals surface area contributed by atoms with Crippen LogP contribution in [0.1, 0.15) is 23.2 Å². The molecule has 0 aliphatic carbocycles. The number of hydrogen-bond donors (Lipinski definition) is 0. The maximum atomic E-state index is 12.8. The van der Waals surface area contributed by atoms with E-state index >= 15 is 0 Å². The van der Waals surface area contributed by atoms with Crippen molar-refractivity contribution in [2.45, 2.75) is 23.0 Å². The predicted octanol–water partition coefficient (Wildman–Crippen LogP) is 3.50. The van der Waals surface area contributed by atoms with E-state index in [1.165, 1.54) is 4.31 Å². The molecule has 1 saturated heterocycles. The monoisotopic (exact) mass is 429 g/mol. The highest BCUT2D eigenvalue weighted by atomic mass is 32.2. The van der Waals surface area contributed by atoms with Crippen LogP contribution in [0.25, 0.3) is 11.5 Å². The van der Waals surface area contributed by atoms with Crippen molar-refractivity contribution in [2.24, 2.45) is 0 Å². The summed E-state index contributed by atoms with van der Waals surface area (Å²) in [7, 11) is -3.52. The van der Waals surface area contributed by atoms with E-state index < -0.39 is 10.0 Å². The number of nitrogens with zero attached hydrogens (tertiary/aromatic N) is 3. The number of aromatic nitrogens is 2. The van der Waals surface area contributed by atoms with Crippen molar-refractivity contribution < 1.29 is 17.6 Å². The molecule has 1 aromatic heterocycles. The zero-order chi connectivity index (χ0) is 20.3. The van der Waals surface area contributed by atoms with E-state index in [1.54, 1.807) is 36.4 Å². The first kappa shape index (κ1) is 19.8. The number of rotatable bonds is 7. The molecule has 150 valence electrons. The summed E-state index contributed by atoms with van der Waals surface area (Å²) in [6, 6.07) is 15.5. The summed E-state index contributed by atoms with van der Waals surface area (Å²) in [6.45, 7) is 1.09. The quantitative estimate of drug-likeness (QED) is 0.419. The van der Waals surface area contributed by atoms with Gasteiger partial charge < -0.3 is 4.42 Å². The number of ketones is 1. The molecule has 3 aromatic rings. The molecule has 0 saturated carbocycles. The van der Waals surface area contributed by atoms with Crippen LogP contribution in [0.5, 0.6) is 0 Å². The van der Waals surface area contributed by atoms with Gasteiger partial charge >= 0.3 is 0 Å². The molecule has 0 unspecified atom stereocenters. The van der Waals surface area contributed by atoms with E-state index in [0.29, 0.717) is 24.2 Å². The van der Waals surface area contributed by atoms with Crippen molar-refractivity contribution >= 4 is 27.6 Å². The Labute approximate surface area is 173 Å². The second-order valence-corrected chi connectivity index (χ2v) is 9.45. The van der Waals surface area contributed by atoms with Crippen molar-refractivity contribution in [3.8, 4) is 11.5 Å². The van der Waals surface area contributed by atoms with E-state index in [0.717, 1.165) is 24.6 Å². The van der Waals surface area contributed by atoms with Gasteiger partial charge in [0.15, 0.2) is 5.78 Å². The Morgan fingerprint density at radius 1 is 1.03 bits per heavy atom. The SMILES string of the molecule is O=C(CSc1nnc(-c2cccc(S(=O)(=O)N3CCCC3)c2)o1)c1ccccc1. The minimum absolute atomic E-state index is 0.0333. The van der Waals surface area contributed by atoms with E-state index in [9.17, 15) is 13.2 Å². The summed E-state index contributed by atoms with van der Waals surface area (Å²) in [5.41, 5.74) is 1.15. The van der Waals surface area contributed by atoms with Gasteiger partial charge in [-0.2, -0.15) is 4.31 Å². The second kappa shape index (κ2) is 8.48. The Bertz CT molecular complexity index is 1110. The maximum absolute atomic E-state index is 12.8. The van der Waals surface area contributed by atoms with E-state index in [-0.39, 0.29) is 27.5 Å².